The van der Waals surface area contributed by atoms with Gasteiger partial charge in [-0.25, -0.2) is 0 Å². The molecule has 0 unspecified atom stereocenters. The zero-order valence-corrected chi connectivity index (χ0v) is 12.8. The summed E-state index contributed by atoms with van der Waals surface area (Å²) in [5, 5.41) is 0.771. The highest BCUT2D eigenvalue weighted by Crippen LogP contribution is 2.26. The Bertz CT molecular complexity index is 592. The summed E-state index contributed by atoms with van der Waals surface area (Å²) in [4.78, 5) is 4.80. The molecule has 1 aliphatic rings. The Kier molecular flexibility index (Phi) is 4.32. The molecular formula is C17H20ClN3. The van der Waals surface area contributed by atoms with E-state index in [2.05, 4.69) is 40.1 Å². The number of piperazine rings is 1. The van der Waals surface area contributed by atoms with Crippen molar-refractivity contribution in [3.05, 3.63) is 59.1 Å². The van der Waals surface area contributed by atoms with Crippen LogP contribution in [0.1, 0.15) is 5.56 Å². The van der Waals surface area contributed by atoms with E-state index in [1.807, 2.05) is 18.2 Å². The van der Waals surface area contributed by atoms with Crippen molar-refractivity contribution in [2.75, 3.05) is 36.0 Å². The smallest absolute Gasteiger partial charge is 0.0427 e. The maximum atomic E-state index is 6.14. The molecule has 3 rings (SSSR count). The number of hydrogen-bond donors (Lipinski definition) is 1. The molecule has 2 aromatic rings. The second-order valence-electron chi connectivity index (χ2n) is 5.29. The largest absolute Gasteiger partial charge is 0.368 e. The number of para-hydroxylation sites is 1. The molecule has 0 amide bonds. The van der Waals surface area contributed by atoms with Gasteiger partial charge in [-0.15, -0.1) is 0 Å². The van der Waals surface area contributed by atoms with Gasteiger partial charge in [0.2, 0.25) is 0 Å². The van der Waals surface area contributed by atoms with E-state index in [-0.39, 0.29) is 0 Å². The average molecular weight is 302 g/mol. The van der Waals surface area contributed by atoms with E-state index >= 15 is 0 Å². The summed E-state index contributed by atoms with van der Waals surface area (Å²) in [5.74, 6) is 0. The Balaban J connectivity index is 1.73. The maximum Gasteiger partial charge on any atom is 0.0427 e. The van der Waals surface area contributed by atoms with Crippen LogP contribution in [0.15, 0.2) is 48.5 Å². The van der Waals surface area contributed by atoms with E-state index in [9.17, 15) is 0 Å². The van der Waals surface area contributed by atoms with Crippen molar-refractivity contribution in [2.45, 2.75) is 6.54 Å². The summed E-state index contributed by atoms with van der Waals surface area (Å²) in [6.07, 6.45) is 0. The molecule has 0 radical (unpaired) electrons. The van der Waals surface area contributed by atoms with E-state index in [4.69, 9.17) is 17.3 Å². The number of hydrogen-bond acceptors (Lipinski definition) is 3. The molecule has 2 N–H and O–H groups in total. The molecule has 3 nitrogen and oxygen atoms in total. The molecule has 1 saturated heterocycles. The molecule has 21 heavy (non-hydrogen) atoms. The van der Waals surface area contributed by atoms with Crippen molar-refractivity contribution in [2.24, 2.45) is 5.73 Å². The van der Waals surface area contributed by atoms with Crippen LogP contribution in [0.2, 0.25) is 5.02 Å². The number of halogens is 1. The molecule has 0 saturated carbocycles. The van der Waals surface area contributed by atoms with Crippen LogP contribution in [0, 0.1) is 0 Å². The second kappa shape index (κ2) is 6.37. The van der Waals surface area contributed by atoms with Crippen LogP contribution >= 0.6 is 11.6 Å². The Labute approximate surface area is 130 Å². The van der Waals surface area contributed by atoms with Gasteiger partial charge in [0, 0.05) is 49.1 Å². The minimum absolute atomic E-state index is 0.547. The van der Waals surface area contributed by atoms with Gasteiger partial charge in [0.1, 0.15) is 0 Å². The standard InChI is InChI=1S/C17H20ClN3/c18-15-7-6-14(13-19)17(12-15)21-10-8-20(9-11-21)16-4-2-1-3-5-16/h1-7,12H,8-11,13,19H2. The highest BCUT2D eigenvalue weighted by atomic mass is 35.5. The normalized spacial score (nSPS) is 15.3. The van der Waals surface area contributed by atoms with Crippen molar-refractivity contribution in [3.8, 4) is 0 Å². The quantitative estimate of drug-likeness (QED) is 0.945. The summed E-state index contributed by atoms with van der Waals surface area (Å²) in [6, 6.07) is 16.5. The summed E-state index contributed by atoms with van der Waals surface area (Å²) < 4.78 is 0. The first kappa shape index (κ1) is 14.2. The zero-order chi connectivity index (χ0) is 14.7. The highest BCUT2D eigenvalue weighted by molar-refractivity contribution is 6.30. The monoisotopic (exact) mass is 301 g/mol. The third-order valence-electron chi connectivity index (χ3n) is 4.01. The number of anilines is 2. The van der Waals surface area contributed by atoms with Gasteiger partial charge < -0.3 is 15.5 Å². The Morgan fingerprint density at radius 2 is 1.57 bits per heavy atom. The highest BCUT2D eigenvalue weighted by Gasteiger charge is 2.19. The molecule has 0 spiro atoms. The Hall–Kier alpha value is -1.71. The third-order valence-corrected chi connectivity index (χ3v) is 4.24. The Morgan fingerprint density at radius 1 is 0.905 bits per heavy atom. The predicted octanol–water partition coefficient (Wildman–Crippen LogP) is 3.13. The third kappa shape index (κ3) is 3.14. The van der Waals surface area contributed by atoms with Crippen LogP contribution in [0.5, 0.6) is 0 Å². The fraction of sp³-hybridized carbons (Fsp3) is 0.294. The summed E-state index contributed by atoms with van der Waals surface area (Å²) in [6.45, 7) is 4.55. The van der Waals surface area contributed by atoms with Crippen molar-refractivity contribution < 1.29 is 0 Å². The van der Waals surface area contributed by atoms with Gasteiger partial charge in [-0.05, 0) is 29.8 Å². The topological polar surface area (TPSA) is 32.5 Å². The molecule has 4 heteroatoms. The van der Waals surface area contributed by atoms with Gasteiger partial charge in [-0.3, -0.25) is 0 Å². The zero-order valence-electron chi connectivity index (χ0n) is 12.0. The molecule has 0 aliphatic carbocycles. The number of rotatable bonds is 3. The van der Waals surface area contributed by atoms with E-state index in [1.54, 1.807) is 0 Å². The first-order valence-corrected chi connectivity index (χ1v) is 7.69. The summed E-state index contributed by atoms with van der Waals surface area (Å²) in [5.41, 5.74) is 9.48. The number of nitrogens with two attached hydrogens (primary N) is 1. The van der Waals surface area contributed by atoms with Crippen molar-refractivity contribution in [1.29, 1.82) is 0 Å². The predicted molar refractivity (Wildman–Crippen MR) is 90.2 cm³/mol. The van der Waals surface area contributed by atoms with Crippen LogP contribution < -0.4 is 15.5 Å². The van der Waals surface area contributed by atoms with E-state index in [0.29, 0.717) is 6.54 Å². The molecular weight excluding hydrogens is 282 g/mol. The van der Waals surface area contributed by atoms with Gasteiger partial charge in [0.05, 0.1) is 0 Å². The van der Waals surface area contributed by atoms with Gasteiger partial charge in [0.25, 0.3) is 0 Å². The van der Waals surface area contributed by atoms with E-state index < -0.39 is 0 Å². The number of benzene rings is 2. The van der Waals surface area contributed by atoms with Crippen molar-refractivity contribution in [1.82, 2.24) is 0 Å². The molecule has 1 aliphatic heterocycles. The Morgan fingerprint density at radius 3 is 2.24 bits per heavy atom. The van der Waals surface area contributed by atoms with Crippen LogP contribution in [0.25, 0.3) is 0 Å². The second-order valence-corrected chi connectivity index (χ2v) is 5.72. The van der Waals surface area contributed by atoms with Gasteiger partial charge in [-0.2, -0.15) is 0 Å². The molecule has 1 fully saturated rings. The van der Waals surface area contributed by atoms with Crippen LogP contribution in [0.4, 0.5) is 11.4 Å². The SMILES string of the molecule is NCc1ccc(Cl)cc1N1CCN(c2ccccc2)CC1. The molecule has 0 aromatic heterocycles. The minimum Gasteiger partial charge on any atom is -0.368 e. The fourth-order valence-electron chi connectivity index (χ4n) is 2.85. The number of nitrogens with zero attached hydrogens (tertiary/aromatic N) is 2. The van der Waals surface area contributed by atoms with Gasteiger partial charge in [-0.1, -0.05) is 35.9 Å². The van der Waals surface area contributed by atoms with Crippen molar-refractivity contribution >= 4 is 23.0 Å². The lowest BCUT2D eigenvalue weighted by atomic mass is 10.1. The average Bonchev–Trinajstić information content (AvgIpc) is 2.56. The molecule has 2 aromatic carbocycles. The maximum absolute atomic E-state index is 6.14. The molecule has 0 atom stereocenters. The van der Waals surface area contributed by atoms with Gasteiger partial charge >= 0.3 is 0 Å². The summed E-state index contributed by atoms with van der Waals surface area (Å²) in [7, 11) is 0. The van der Waals surface area contributed by atoms with Crippen LogP contribution in [-0.4, -0.2) is 26.2 Å². The first-order valence-electron chi connectivity index (χ1n) is 7.31. The lowest BCUT2D eigenvalue weighted by molar-refractivity contribution is 0.651. The van der Waals surface area contributed by atoms with Gasteiger partial charge in [0.15, 0.2) is 0 Å². The molecule has 1 heterocycles. The lowest BCUT2D eigenvalue weighted by Gasteiger charge is -2.38. The fourth-order valence-corrected chi connectivity index (χ4v) is 3.01. The van der Waals surface area contributed by atoms with Crippen LogP contribution in [0.3, 0.4) is 0 Å². The minimum atomic E-state index is 0.547. The molecule has 0 bridgehead atoms. The van der Waals surface area contributed by atoms with E-state index in [1.165, 1.54) is 11.4 Å². The lowest BCUT2D eigenvalue weighted by Crippen LogP contribution is -2.46. The van der Waals surface area contributed by atoms with E-state index in [0.717, 1.165) is 36.8 Å². The van der Waals surface area contributed by atoms with Crippen molar-refractivity contribution in [3.63, 3.8) is 0 Å². The summed E-state index contributed by atoms with van der Waals surface area (Å²) >= 11 is 6.14. The van der Waals surface area contributed by atoms with Crippen LogP contribution in [-0.2, 0) is 6.54 Å². The molecule has 110 valence electrons. The first-order chi connectivity index (χ1) is 10.3.